The van der Waals surface area contributed by atoms with Gasteiger partial charge in [-0.15, -0.1) is 0 Å². The molecular weight excluding hydrogens is 356 g/mol. The normalized spacial score (nSPS) is 24.6. The van der Waals surface area contributed by atoms with Gasteiger partial charge in [-0.3, -0.25) is 14.4 Å². The summed E-state index contributed by atoms with van der Waals surface area (Å²) >= 11 is 0. The number of ether oxygens (including phenoxy) is 4. The minimum Gasteiger partial charge on any atom is -0.463 e. The number of hydrogen-bond acceptors (Lipinski definition) is 8. The third kappa shape index (κ3) is 4.08. The Balaban J connectivity index is 1.98. The van der Waals surface area contributed by atoms with Crippen molar-refractivity contribution in [2.24, 2.45) is 0 Å². The molecule has 4 atom stereocenters. The van der Waals surface area contributed by atoms with Gasteiger partial charge in [0.2, 0.25) is 0 Å². The third-order valence-corrected chi connectivity index (χ3v) is 4.09. The van der Waals surface area contributed by atoms with Gasteiger partial charge in [-0.05, 0) is 6.07 Å². The van der Waals surface area contributed by atoms with Crippen LogP contribution in [0.2, 0.25) is 0 Å². The molecular formula is C18H20N2O7. The molecule has 1 fully saturated rings. The van der Waals surface area contributed by atoms with Crippen LogP contribution < -0.4 is 0 Å². The first-order valence-corrected chi connectivity index (χ1v) is 8.42. The maximum absolute atomic E-state index is 11.6. The van der Waals surface area contributed by atoms with E-state index in [0.29, 0.717) is 0 Å². The summed E-state index contributed by atoms with van der Waals surface area (Å²) in [4.78, 5) is 34.4. The summed E-state index contributed by atoms with van der Waals surface area (Å²) in [5.41, 5.74) is 0.759. The van der Waals surface area contributed by atoms with Gasteiger partial charge in [0.15, 0.2) is 18.4 Å². The van der Waals surface area contributed by atoms with Gasteiger partial charge in [-0.2, -0.15) is 5.10 Å². The van der Waals surface area contributed by atoms with Crippen LogP contribution in [0.15, 0.2) is 30.5 Å². The highest BCUT2D eigenvalue weighted by Crippen LogP contribution is 2.35. The summed E-state index contributed by atoms with van der Waals surface area (Å²) in [6.07, 6.45) is -1.90. The Hall–Kier alpha value is -2.94. The maximum Gasteiger partial charge on any atom is 0.303 e. The van der Waals surface area contributed by atoms with Crippen LogP contribution in [0.25, 0.3) is 10.9 Å². The van der Waals surface area contributed by atoms with Crippen molar-refractivity contribution in [3.05, 3.63) is 30.5 Å². The molecule has 0 bridgehead atoms. The van der Waals surface area contributed by atoms with E-state index in [1.54, 1.807) is 10.9 Å². The Morgan fingerprint density at radius 2 is 1.70 bits per heavy atom. The monoisotopic (exact) mass is 376 g/mol. The van der Waals surface area contributed by atoms with Crippen molar-refractivity contribution in [2.45, 2.75) is 45.3 Å². The fourth-order valence-corrected chi connectivity index (χ4v) is 3.08. The standard InChI is InChI=1S/C18H20N2O7/c1-10(21)24-9-15-16(25-11(2)22)17(26-12(3)23)18(27-15)20-14-7-5-4-6-13(14)8-19-20/h4-8,15-18H,9H2,1-3H3/t15-,16-,17-,18+/m1/s1. The molecule has 0 amide bonds. The minimum atomic E-state index is -0.949. The second-order valence-corrected chi connectivity index (χ2v) is 6.16. The Bertz CT molecular complexity index is 862. The van der Waals surface area contributed by atoms with E-state index in [1.807, 2.05) is 24.3 Å². The highest BCUT2D eigenvalue weighted by atomic mass is 16.7. The fourth-order valence-electron chi connectivity index (χ4n) is 3.08. The van der Waals surface area contributed by atoms with Gasteiger partial charge in [0.05, 0.1) is 11.7 Å². The summed E-state index contributed by atoms with van der Waals surface area (Å²) in [5, 5.41) is 5.20. The second kappa shape index (κ2) is 7.75. The highest BCUT2D eigenvalue weighted by molar-refractivity contribution is 5.78. The molecule has 0 unspecified atom stereocenters. The van der Waals surface area contributed by atoms with Crippen molar-refractivity contribution in [3.63, 3.8) is 0 Å². The number of fused-ring (bicyclic) bond motifs is 1. The van der Waals surface area contributed by atoms with Gasteiger partial charge in [0.1, 0.15) is 12.7 Å². The van der Waals surface area contributed by atoms with Gasteiger partial charge in [-0.25, -0.2) is 4.68 Å². The third-order valence-electron chi connectivity index (χ3n) is 4.09. The summed E-state index contributed by atoms with van der Waals surface area (Å²) < 4.78 is 23.3. The van der Waals surface area contributed by atoms with E-state index in [2.05, 4.69) is 5.10 Å². The van der Waals surface area contributed by atoms with Gasteiger partial charge < -0.3 is 18.9 Å². The molecule has 1 aromatic heterocycles. The SMILES string of the molecule is CC(=O)OC[C@H]1O[C@H](n2ncc3ccccc32)[C@H](OC(C)=O)[C@@H]1OC(C)=O. The van der Waals surface area contributed by atoms with Crippen molar-refractivity contribution in [3.8, 4) is 0 Å². The Labute approximate surface area is 155 Å². The number of carbonyl (C=O) groups excluding carboxylic acids is 3. The van der Waals surface area contributed by atoms with Crippen molar-refractivity contribution >= 4 is 28.8 Å². The summed E-state index contributed by atoms with van der Waals surface area (Å²) in [5.74, 6) is -1.63. The van der Waals surface area contributed by atoms with E-state index >= 15 is 0 Å². The van der Waals surface area contributed by atoms with Crippen LogP contribution in [0.5, 0.6) is 0 Å². The molecule has 1 aliphatic rings. The van der Waals surface area contributed by atoms with E-state index in [1.165, 1.54) is 20.8 Å². The molecule has 3 rings (SSSR count). The van der Waals surface area contributed by atoms with Crippen LogP contribution in [0, 0.1) is 0 Å². The summed E-state index contributed by atoms with van der Waals surface area (Å²) in [7, 11) is 0. The molecule has 9 nitrogen and oxygen atoms in total. The molecule has 1 aliphatic heterocycles. The fraction of sp³-hybridized carbons (Fsp3) is 0.444. The minimum absolute atomic E-state index is 0.152. The number of hydrogen-bond donors (Lipinski definition) is 0. The van der Waals surface area contributed by atoms with Gasteiger partial charge >= 0.3 is 17.9 Å². The molecule has 2 heterocycles. The number of aromatic nitrogens is 2. The molecule has 2 aromatic rings. The first-order valence-electron chi connectivity index (χ1n) is 8.42. The largest absolute Gasteiger partial charge is 0.463 e. The molecule has 1 saturated heterocycles. The quantitative estimate of drug-likeness (QED) is 0.569. The average Bonchev–Trinajstić information content (AvgIpc) is 3.15. The predicted octanol–water partition coefficient (Wildman–Crippen LogP) is 1.36. The number of para-hydroxylation sites is 1. The average molecular weight is 376 g/mol. The maximum atomic E-state index is 11.6. The van der Waals surface area contributed by atoms with Crippen molar-refractivity contribution in [1.29, 1.82) is 0 Å². The van der Waals surface area contributed by atoms with E-state index in [-0.39, 0.29) is 6.61 Å². The highest BCUT2D eigenvalue weighted by Gasteiger charge is 2.51. The Kier molecular flexibility index (Phi) is 5.41. The summed E-state index contributed by atoms with van der Waals surface area (Å²) in [6, 6.07) is 7.44. The molecule has 0 aliphatic carbocycles. The molecule has 0 spiro atoms. The van der Waals surface area contributed by atoms with E-state index in [4.69, 9.17) is 18.9 Å². The van der Waals surface area contributed by atoms with Crippen LogP contribution in [-0.4, -0.2) is 52.6 Å². The smallest absolute Gasteiger partial charge is 0.303 e. The summed E-state index contributed by atoms with van der Waals surface area (Å²) in [6.45, 7) is 3.60. The Morgan fingerprint density at radius 1 is 1.04 bits per heavy atom. The topological polar surface area (TPSA) is 106 Å². The van der Waals surface area contributed by atoms with Crippen LogP contribution in [0.1, 0.15) is 27.0 Å². The van der Waals surface area contributed by atoms with Crippen LogP contribution in [0.3, 0.4) is 0 Å². The predicted molar refractivity (Wildman–Crippen MR) is 91.4 cm³/mol. The number of carbonyl (C=O) groups is 3. The molecule has 9 heteroatoms. The number of rotatable bonds is 5. The van der Waals surface area contributed by atoms with E-state index < -0.39 is 42.4 Å². The van der Waals surface area contributed by atoms with Gasteiger partial charge in [-0.1, -0.05) is 18.2 Å². The van der Waals surface area contributed by atoms with E-state index in [0.717, 1.165) is 10.9 Å². The zero-order chi connectivity index (χ0) is 19.6. The van der Waals surface area contributed by atoms with Gasteiger partial charge in [0, 0.05) is 26.2 Å². The number of esters is 3. The first kappa shape index (κ1) is 18.8. The number of nitrogens with zero attached hydrogens (tertiary/aromatic N) is 2. The van der Waals surface area contributed by atoms with Crippen LogP contribution in [-0.2, 0) is 33.3 Å². The van der Waals surface area contributed by atoms with Crippen molar-refractivity contribution in [2.75, 3.05) is 6.61 Å². The zero-order valence-corrected chi connectivity index (χ0v) is 15.2. The molecule has 0 N–H and O–H groups in total. The lowest BCUT2D eigenvalue weighted by atomic mass is 10.1. The molecule has 0 saturated carbocycles. The van der Waals surface area contributed by atoms with Gasteiger partial charge in [0.25, 0.3) is 0 Å². The molecule has 27 heavy (non-hydrogen) atoms. The lowest BCUT2D eigenvalue weighted by Crippen LogP contribution is -2.40. The zero-order valence-electron chi connectivity index (χ0n) is 15.2. The molecule has 1 aromatic carbocycles. The van der Waals surface area contributed by atoms with Crippen molar-refractivity contribution in [1.82, 2.24) is 9.78 Å². The molecule has 0 radical (unpaired) electrons. The van der Waals surface area contributed by atoms with Crippen molar-refractivity contribution < 1.29 is 33.3 Å². The number of benzene rings is 1. The van der Waals surface area contributed by atoms with Crippen LogP contribution in [0.4, 0.5) is 0 Å². The first-order chi connectivity index (χ1) is 12.9. The lowest BCUT2D eigenvalue weighted by molar-refractivity contribution is -0.166. The second-order valence-electron chi connectivity index (χ2n) is 6.16. The lowest BCUT2D eigenvalue weighted by Gasteiger charge is -2.23. The Morgan fingerprint density at radius 3 is 2.37 bits per heavy atom. The van der Waals surface area contributed by atoms with E-state index in [9.17, 15) is 14.4 Å². The molecule has 144 valence electrons. The van der Waals surface area contributed by atoms with Crippen LogP contribution >= 0.6 is 0 Å².